The maximum Gasteiger partial charge on any atom is 0.291 e. The fourth-order valence-corrected chi connectivity index (χ4v) is 2.85. The molecule has 0 saturated heterocycles. The third-order valence-electron chi connectivity index (χ3n) is 4.58. The SMILES string of the molecule is C/C(=N\NC(=O)c1cc(C2CC2)[nH]n1)c1ccc(-c2ccccc2)cc1. The minimum Gasteiger partial charge on any atom is -0.281 e. The van der Waals surface area contributed by atoms with Gasteiger partial charge in [0, 0.05) is 11.6 Å². The number of aromatic nitrogens is 2. The Labute approximate surface area is 152 Å². The van der Waals surface area contributed by atoms with Gasteiger partial charge in [0.15, 0.2) is 5.69 Å². The molecule has 0 bridgehead atoms. The Morgan fingerprint density at radius 3 is 2.46 bits per heavy atom. The number of nitrogens with one attached hydrogen (secondary N) is 2. The maximum atomic E-state index is 12.2. The number of nitrogens with zero attached hydrogens (tertiary/aromatic N) is 2. The van der Waals surface area contributed by atoms with E-state index in [1.807, 2.05) is 43.3 Å². The van der Waals surface area contributed by atoms with Gasteiger partial charge in [-0.3, -0.25) is 9.89 Å². The Morgan fingerprint density at radius 1 is 1.08 bits per heavy atom. The fourth-order valence-electron chi connectivity index (χ4n) is 2.85. The summed E-state index contributed by atoms with van der Waals surface area (Å²) in [6, 6.07) is 20.1. The first-order valence-electron chi connectivity index (χ1n) is 8.76. The summed E-state index contributed by atoms with van der Waals surface area (Å²) in [6.45, 7) is 1.87. The van der Waals surface area contributed by atoms with Crippen LogP contribution in [0, 0.1) is 0 Å². The summed E-state index contributed by atoms with van der Waals surface area (Å²) in [7, 11) is 0. The fraction of sp³-hybridized carbons (Fsp3) is 0.190. The summed E-state index contributed by atoms with van der Waals surface area (Å²) in [6.07, 6.45) is 2.33. The minimum atomic E-state index is -0.298. The van der Waals surface area contributed by atoms with E-state index in [0.29, 0.717) is 11.6 Å². The molecular weight excluding hydrogens is 324 g/mol. The molecule has 1 aromatic heterocycles. The Balaban J connectivity index is 1.42. The summed E-state index contributed by atoms with van der Waals surface area (Å²) >= 11 is 0. The van der Waals surface area contributed by atoms with E-state index in [9.17, 15) is 4.79 Å². The van der Waals surface area contributed by atoms with Crippen LogP contribution in [-0.2, 0) is 0 Å². The van der Waals surface area contributed by atoms with Crippen molar-refractivity contribution in [2.45, 2.75) is 25.7 Å². The van der Waals surface area contributed by atoms with E-state index in [1.54, 1.807) is 0 Å². The first-order valence-corrected chi connectivity index (χ1v) is 8.76. The van der Waals surface area contributed by atoms with Gasteiger partial charge in [-0.25, -0.2) is 5.43 Å². The van der Waals surface area contributed by atoms with Gasteiger partial charge in [-0.15, -0.1) is 0 Å². The molecule has 2 N–H and O–H groups in total. The number of benzene rings is 2. The molecule has 4 rings (SSSR count). The predicted molar refractivity (Wildman–Crippen MR) is 102 cm³/mol. The Kier molecular flexibility index (Phi) is 4.35. The average Bonchev–Trinajstić information content (AvgIpc) is 3.43. The average molecular weight is 344 g/mol. The van der Waals surface area contributed by atoms with E-state index < -0.39 is 0 Å². The number of H-pyrrole nitrogens is 1. The van der Waals surface area contributed by atoms with E-state index in [0.717, 1.165) is 22.5 Å². The van der Waals surface area contributed by atoms with Gasteiger partial charge in [-0.05, 0) is 42.5 Å². The zero-order valence-corrected chi connectivity index (χ0v) is 14.6. The third kappa shape index (κ3) is 3.57. The van der Waals surface area contributed by atoms with Crippen LogP contribution in [0.15, 0.2) is 65.8 Å². The normalized spacial score (nSPS) is 14.3. The van der Waals surface area contributed by atoms with Crippen LogP contribution in [0.3, 0.4) is 0 Å². The molecule has 3 aromatic rings. The van der Waals surface area contributed by atoms with Gasteiger partial charge >= 0.3 is 0 Å². The summed E-state index contributed by atoms with van der Waals surface area (Å²) in [5.74, 6) is 0.242. The van der Waals surface area contributed by atoms with Crippen LogP contribution in [0.4, 0.5) is 0 Å². The molecule has 1 fully saturated rings. The van der Waals surface area contributed by atoms with Crippen LogP contribution in [0.25, 0.3) is 11.1 Å². The monoisotopic (exact) mass is 344 g/mol. The summed E-state index contributed by atoms with van der Waals surface area (Å²) < 4.78 is 0. The molecular formula is C21H20N4O. The van der Waals surface area contributed by atoms with E-state index in [1.165, 1.54) is 18.4 Å². The van der Waals surface area contributed by atoms with Crippen LogP contribution in [0.5, 0.6) is 0 Å². The maximum absolute atomic E-state index is 12.2. The van der Waals surface area contributed by atoms with Crippen molar-refractivity contribution in [3.8, 4) is 11.1 Å². The minimum absolute atomic E-state index is 0.298. The van der Waals surface area contributed by atoms with Gasteiger partial charge in [0.25, 0.3) is 5.91 Å². The van der Waals surface area contributed by atoms with Gasteiger partial charge in [-0.1, -0.05) is 54.6 Å². The van der Waals surface area contributed by atoms with E-state index in [2.05, 4.69) is 45.0 Å². The van der Waals surface area contributed by atoms with Crippen LogP contribution < -0.4 is 5.43 Å². The second-order valence-corrected chi connectivity index (χ2v) is 6.56. The summed E-state index contributed by atoms with van der Waals surface area (Å²) in [5, 5.41) is 11.2. The van der Waals surface area contributed by atoms with Gasteiger partial charge in [0.05, 0.1) is 5.71 Å². The highest BCUT2D eigenvalue weighted by Gasteiger charge is 2.26. The molecule has 26 heavy (non-hydrogen) atoms. The van der Waals surface area contributed by atoms with Crippen LogP contribution >= 0.6 is 0 Å². The molecule has 2 aromatic carbocycles. The van der Waals surface area contributed by atoms with Crippen molar-refractivity contribution in [1.29, 1.82) is 0 Å². The Hall–Kier alpha value is -3.21. The van der Waals surface area contributed by atoms with Gasteiger partial charge in [-0.2, -0.15) is 10.2 Å². The first-order chi connectivity index (χ1) is 12.7. The lowest BCUT2D eigenvalue weighted by atomic mass is 10.0. The van der Waals surface area contributed by atoms with Crippen molar-refractivity contribution >= 4 is 11.6 Å². The number of carbonyl (C=O) groups excluding carboxylic acids is 1. The molecule has 0 radical (unpaired) electrons. The van der Waals surface area contributed by atoms with Crippen molar-refractivity contribution in [1.82, 2.24) is 15.6 Å². The molecule has 1 amide bonds. The van der Waals surface area contributed by atoms with Gasteiger partial charge in [0.2, 0.25) is 0 Å². The third-order valence-corrected chi connectivity index (χ3v) is 4.58. The molecule has 0 aliphatic heterocycles. The smallest absolute Gasteiger partial charge is 0.281 e. The first kappa shape index (κ1) is 16.3. The quantitative estimate of drug-likeness (QED) is 0.540. The number of hydrogen-bond donors (Lipinski definition) is 2. The Bertz CT molecular complexity index is 938. The van der Waals surface area contributed by atoms with E-state index >= 15 is 0 Å². The summed E-state index contributed by atoms with van der Waals surface area (Å²) in [5.41, 5.74) is 8.03. The van der Waals surface area contributed by atoms with Crippen molar-refractivity contribution in [3.63, 3.8) is 0 Å². The second-order valence-electron chi connectivity index (χ2n) is 6.56. The molecule has 1 aliphatic carbocycles. The molecule has 1 aliphatic rings. The predicted octanol–water partition coefficient (Wildman–Crippen LogP) is 4.11. The highest BCUT2D eigenvalue weighted by atomic mass is 16.2. The van der Waals surface area contributed by atoms with Crippen LogP contribution in [0.2, 0.25) is 0 Å². The highest BCUT2D eigenvalue weighted by molar-refractivity contribution is 6.00. The molecule has 0 spiro atoms. The second kappa shape index (κ2) is 6.96. The van der Waals surface area contributed by atoms with Crippen molar-refractivity contribution < 1.29 is 4.79 Å². The Morgan fingerprint density at radius 2 is 1.77 bits per heavy atom. The lowest BCUT2D eigenvalue weighted by Crippen LogP contribution is -2.19. The zero-order chi connectivity index (χ0) is 17.9. The number of hydrogen-bond acceptors (Lipinski definition) is 3. The molecule has 0 atom stereocenters. The number of carbonyl (C=O) groups is 1. The molecule has 5 heteroatoms. The van der Waals surface area contributed by atoms with Crippen molar-refractivity contribution in [2.75, 3.05) is 0 Å². The molecule has 130 valence electrons. The largest absolute Gasteiger partial charge is 0.291 e. The standard InChI is InChI=1S/C21H20N4O/c1-14(15-7-9-17(10-8-15)16-5-3-2-4-6-16)22-25-21(26)20-13-19(23-24-20)18-11-12-18/h2-10,13,18H,11-12H2,1H3,(H,23,24)(H,25,26)/b22-14+. The van der Waals surface area contributed by atoms with Gasteiger partial charge in [0.1, 0.15) is 0 Å². The molecule has 1 heterocycles. The van der Waals surface area contributed by atoms with Crippen LogP contribution in [0.1, 0.15) is 47.4 Å². The summed E-state index contributed by atoms with van der Waals surface area (Å²) in [4.78, 5) is 12.2. The topological polar surface area (TPSA) is 70.1 Å². The lowest BCUT2D eigenvalue weighted by Gasteiger charge is -2.05. The van der Waals surface area contributed by atoms with Gasteiger partial charge < -0.3 is 0 Å². The molecule has 1 saturated carbocycles. The number of rotatable bonds is 5. The zero-order valence-electron chi connectivity index (χ0n) is 14.6. The van der Waals surface area contributed by atoms with Crippen LogP contribution in [-0.4, -0.2) is 21.8 Å². The number of aromatic amines is 1. The van der Waals surface area contributed by atoms with Crippen molar-refractivity contribution in [2.24, 2.45) is 5.10 Å². The lowest BCUT2D eigenvalue weighted by molar-refractivity contribution is 0.0950. The molecule has 0 unspecified atom stereocenters. The van der Waals surface area contributed by atoms with Crippen molar-refractivity contribution in [3.05, 3.63) is 77.6 Å². The number of hydrazone groups is 1. The van der Waals surface area contributed by atoms with E-state index in [-0.39, 0.29) is 5.91 Å². The molecule has 5 nitrogen and oxygen atoms in total. The highest BCUT2D eigenvalue weighted by Crippen LogP contribution is 2.38. The van der Waals surface area contributed by atoms with E-state index in [4.69, 9.17) is 0 Å². The number of amides is 1.